The molecule has 8 heteroatoms. The molecule has 4 heterocycles. The molecule has 3 aromatic rings. The van der Waals surface area contributed by atoms with E-state index < -0.39 is 0 Å². The van der Waals surface area contributed by atoms with Crippen LogP contribution in [0.15, 0.2) is 18.5 Å². The van der Waals surface area contributed by atoms with Crippen LogP contribution in [0.2, 0.25) is 0 Å². The van der Waals surface area contributed by atoms with E-state index in [0.717, 1.165) is 47.7 Å². The maximum absolute atomic E-state index is 9.58. The Labute approximate surface area is 200 Å². The van der Waals surface area contributed by atoms with Crippen molar-refractivity contribution in [1.82, 2.24) is 24.7 Å². The smallest absolute Gasteiger partial charge is 0.227 e. The lowest BCUT2D eigenvalue weighted by Gasteiger charge is -2.37. The van der Waals surface area contributed by atoms with Crippen LogP contribution in [0.1, 0.15) is 92.4 Å². The van der Waals surface area contributed by atoms with E-state index in [9.17, 15) is 5.26 Å². The number of hydrogen-bond donors (Lipinski definition) is 0. The molecule has 2 atom stereocenters. The molecular formula is C26H31N7O. The van der Waals surface area contributed by atoms with Gasteiger partial charge in [0.2, 0.25) is 5.95 Å². The van der Waals surface area contributed by atoms with Crippen molar-refractivity contribution in [2.45, 2.75) is 83.0 Å². The van der Waals surface area contributed by atoms with E-state index in [0.29, 0.717) is 29.7 Å². The quantitative estimate of drug-likeness (QED) is 0.558. The summed E-state index contributed by atoms with van der Waals surface area (Å²) in [4.78, 5) is 17.0. The Bertz CT molecular complexity index is 1250. The molecule has 1 saturated heterocycles. The molecule has 34 heavy (non-hydrogen) atoms. The zero-order chi connectivity index (χ0) is 23.2. The molecule has 8 nitrogen and oxygen atoms in total. The Morgan fingerprint density at radius 3 is 2.65 bits per heavy atom. The van der Waals surface area contributed by atoms with Gasteiger partial charge in [0.05, 0.1) is 41.8 Å². The van der Waals surface area contributed by atoms with Crippen LogP contribution in [0.5, 0.6) is 0 Å². The fourth-order valence-electron chi connectivity index (χ4n) is 5.45. The summed E-state index contributed by atoms with van der Waals surface area (Å²) in [6.07, 6.45) is 12.5. The number of ether oxygens (including phenoxy) is 1. The number of rotatable bonds is 4. The van der Waals surface area contributed by atoms with Crippen LogP contribution in [0, 0.1) is 18.3 Å². The van der Waals surface area contributed by atoms with Gasteiger partial charge in [-0.05, 0) is 45.6 Å². The molecule has 0 radical (unpaired) electrons. The molecule has 3 aliphatic rings. The average molecular weight is 458 g/mol. The van der Waals surface area contributed by atoms with Gasteiger partial charge >= 0.3 is 0 Å². The Morgan fingerprint density at radius 2 is 1.88 bits per heavy atom. The highest BCUT2D eigenvalue weighted by molar-refractivity contribution is 5.81. The highest BCUT2D eigenvalue weighted by Crippen LogP contribution is 2.38. The van der Waals surface area contributed by atoms with E-state index in [2.05, 4.69) is 33.9 Å². The molecule has 6 rings (SSSR count). The summed E-state index contributed by atoms with van der Waals surface area (Å²) in [6.45, 7) is 5.41. The summed E-state index contributed by atoms with van der Waals surface area (Å²) in [5.41, 5.74) is 4.19. The van der Waals surface area contributed by atoms with Gasteiger partial charge < -0.3 is 9.64 Å². The third-order valence-electron chi connectivity index (χ3n) is 7.46. The van der Waals surface area contributed by atoms with Gasteiger partial charge in [-0.1, -0.05) is 19.3 Å². The second-order valence-electron chi connectivity index (χ2n) is 10.2. The maximum Gasteiger partial charge on any atom is 0.227 e. The van der Waals surface area contributed by atoms with Crippen molar-refractivity contribution in [2.24, 2.45) is 0 Å². The number of morpholine rings is 1. The highest BCUT2D eigenvalue weighted by atomic mass is 16.5. The van der Waals surface area contributed by atoms with E-state index in [-0.39, 0.29) is 12.2 Å². The summed E-state index contributed by atoms with van der Waals surface area (Å²) in [7, 11) is 0. The molecule has 0 spiro atoms. The fraction of sp³-hybridized carbons (Fsp3) is 0.577. The first-order valence-electron chi connectivity index (χ1n) is 12.6. The lowest BCUT2D eigenvalue weighted by atomic mass is 9.85. The number of aromatic nitrogens is 5. The van der Waals surface area contributed by atoms with Gasteiger partial charge in [-0.25, -0.2) is 9.97 Å². The lowest BCUT2D eigenvalue weighted by molar-refractivity contribution is -0.0179. The summed E-state index contributed by atoms with van der Waals surface area (Å²) in [6, 6.07) is 4.79. The Kier molecular flexibility index (Phi) is 5.45. The predicted octanol–water partition coefficient (Wildman–Crippen LogP) is 4.75. The lowest BCUT2D eigenvalue weighted by Crippen LogP contribution is -2.43. The molecular weight excluding hydrogens is 426 g/mol. The van der Waals surface area contributed by atoms with Gasteiger partial charge in [0.1, 0.15) is 12.2 Å². The first-order valence-corrected chi connectivity index (χ1v) is 12.6. The fourth-order valence-corrected chi connectivity index (χ4v) is 5.45. The highest BCUT2D eigenvalue weighted by Gasteiger charge is 2.32. The molecule has 0 N–H and O–H groups in total. The maximum atomic E-state index is 9.58. The van der Waals surface area contributed by atoms with E-state index >= 15 is 0 Å². The van der Waals surface area contributed by atoms with Crippen molar-refractivity contribution < 1.29 is 4.74 Å². The molecule has 176 valence electrons. The minimum Gasteiger partial charge on any atom is -0.367 e. The van der Waals surface area contributed by atoms with Crippen molar-refractivity contribution in [3.8, 4) is 6.07 Å². The van der Waals surface area contributed by atoms with Gasteiger partial charge in [0.25, 0.3) is 0 Å². The number of anilines is 1. The number of pyridine rings is 1. The Balaban J connectivity index is 1.38. The largest absolute Gasteiger partial charge is 0.367 e. The summed E-state index contributed by atoms with van der Waals surface area (Å²) in [5, 5.41) is 15.1. The third-order valence-corrected chi connectivity index (χ3v) is 7.46. The monoisotopic (exact) mass is 457 g/mol. The topological polar surface area (TPSA) is 92.8 Å². The van der Waals surface area contributed by atoms with Crippen LogP contribution in [0.4, 0.5) is 5.95 Å². The van der Waals surface area contributed by atoms with E-state index in [1.54, 1.807) is 0 Å². The summed E-state index contributed by atoms with van der Waals surface area (Å²) < 4.78 is 8.40. The molecule has 0 bridgehead atoms. The van der Waals surface area contributed by atoms with Crippen molar-refractivity contribution in [1.29, 1.82) is 5.26 Å². The standard InChI is InChI=1S/C26H31N7O/c1-16-13-32(15-23(34-16)20-12-28-33(14-20)21-8-9-21)26-30-24(18-6-4-3-5-7-18)22-10-19(11-27)17(2)29-25(22)31-26/h10,12,14,16,18,21,23H,3-9,13,15H2,1-2H3. The number of fused-ring (bicyclic) bond motifs is 1. The molecule has 0 aromatic carbocycles. The summed E-state index contributed by atoms with van der Waals surface area (Å²) in [5.74, 6) is 1.11. The molecule has 2 aliphatic carbocycles. The van der Waals surface area contributed by atoms with Crippen LogP contribution in [0.25, 0.3) is 11.0 Å². The van der Waals surface area contributed by atoms with Gasteiger partial charge in [-0.2, -0.15) is 15.3 Å². The van der Waals surface area contributed by atoms with Crippen molar-refractivity contribution in [2.75, 3.05) is 18.0 Å². The normalized spacial score (nSPS) is 23.9. The first kappa shape index (κ1) is 21.5. The molecule has 0 amide bonds. The third kappa shape index (κ3) is 4.03. The number of hydrogen-bond acceptors (Lipinski definition) is 7. The molecule has 3 fully saturated rings. The van der Waals surface area contributed by atoms with Crippen LogP contribution in [0.3, 0.4) is 0 Å². The SMILES string of the molecule is Cc1nc2nc(N3CC(C)OC(c4cnn(C5CC5)c4)C3)nc(C3CCCCC3)c2cc1C#N. The van der Waals surface area contributed by atoms with Crippen LogP contribution >= 0.6 is 0 Å². The average Bonchev–Trinajstić information content (AvgIpc) is 3.59. The Morgan fingerprint density at radius 1 is 1.06 bits per heavy atom. The Hall–Kier alpha value is -3.05. The zero-order valence-corrected chi connectivity index (χ0v) is 19.9. The predicted molar refractivity (Wildman–Crippen MR) is 129 cm³/mol. The van der Waals surface area contributed by atoms with Gasteiger partial charge in [0, 0.05) is 29.6 Å². The van der Waals surface area contributed by atoms with E-state index in [1.165, 1.54) is 32.1 Å². The van der Waals surface area contributed by atoms with Crippen LogP contribution in [-0.2, 0) is 4.74 Å². The number of aryl methyl sites for hydroxylation is 1. The van der Waals surface area contributed by atoms with Crippen molar-refractivity contribution in [3.05, 3.63) is 41.0 Å². The van der Waals surface area contributed by atoms with Crippen LogP contribution in [-0.4, -0.2) is 43.9 Å². The van der Waals surface area contributed by atoms with E-state index in [4.69, 9.17) is 19.7 Å². The minimum atomic E-state index is -0.0654. The van der Waals surface area contributed by atoms with E-state index in [1.807, 2.05) is 19.2 Å². The molecule has 1 aliphatic heterocycles. The second-order valence-corrected chi connectivity index (χ2v) is 10.2. The molecule has 2 unspecified atom stereocenters. The minimum absolute atomic E-state index is 0.0520. The second kappa shape index (κ2) is 8.62. The van der Waals surface area contributed by atoms with Gasteiger partial charge in [-0.15, -0.1) is 0 Å². The first-order chi connectivity index (χ1) is 16.6. The van der Waals surface area contributed by atoms with Crippen LogP contribution < -0.4 is 4.90 Å². The number of nitrogens with zero attached hydrogens (tertiary/aromatic N) is 7. The van der Waals surface area contributed by atoms with Gasteiger partial charge in [-0.3, -0.25) is 4.68 Å². The summed E-state index contributed by atoms with van der Waals surface area (Å²) >= 11 is 0. The van der Waals surface area contributed by atoms with Crippen molar-refractivity contribution >= 4 is 17.0 Å². The molecule has 2 saturated carbocycles. The van der Waals surface area contributed by atoms with Crippen molar-refractivity contribution in [3.63, 3.8) is 0 Å². The number of nitriles is 1. The zero-order valence-electron chi connectivity index (χ0n) is 19.9. The molecule has 3 aromatic heterocycles. The van der Waals surface area contributed by atoms with Gasteiger partial charge in [0.15, 0.2) is 5.65 Å².